The van der Waals surface area contributed by atoms with Crippen molar-refractivity contribution in [2.75, 3.05) is 5.75 Å². The van der Waals surface area contributed by atoms with Gasteiger partial charge in [0.2, 0.25) is 0 Å². The van der Waals surface area contributed by atoms with Crippen LogP contribution in [0.4, 0.5) is 0 Å². The summed E-state index contributed by atoms with van der Waals surface area (Å²) >= 11 is 3.23. The topological polar surface area (TPSA) is 67.3 Å². The maximum atomic E-state index is 13.5. The standard InChI is InChI=1S/C28H33NO3S2/c1-27-12-11-17(30)13-16(27)7-8-18-19-9-10-20(28(19,2)14-22(31)25(18)27)23(32)15-33-26-29-21-5-3-4-6-24(21)34-26/h3-6,13,18-20,22,25,31H,7-12,14-15H2,1-2H3/t18?,19?,20?,22-,25?,27?,28?/m0/s1. The number of nitrogens with zero attached hydrogens (tertiary/aromatic N) is 1. The monoisotopic (exact) mass is 495 g/mol. The Hall–Kier alpha value is -1.50. The van der Waals surface area contributed by atoms with E-state index in [1.54, 1.807) is 23.1 Å². The SMILES string of the molecule is CC12CCC(=O)C=C1CCC1C2[C@@H](O)CC2(C)C(C(=O)CSc3nc4ccccc4s3)CCC12. The highest BCUT2D eigenvalue weighted by Crippen LogP contribution is 2.66. The van der Waals surface area contributed by atoms with Crippen molar-refractivity contribution in [1.29, 1.82) is 0 Å². The van der Waals surface area contributed by atoms with Crippen molar-refractivity contribution < 1.29 is 14.7 Å². The Labute approximate surface area is 209 Å². The van der Waals surface area contributed by atoms with Crippen LogP contribution in [0.5, 0.6) is 0 Å². The number of ketones is 2. The summed E-state index contributed by atoms with van der Waals surface area (Å²) in [6.45, 7) is 4.58. The third-order valence-corrected chi connectivity index (χ3v) is 12.1. The molecule has 1 aromatic heterocycles. The van der Waals surface area contributed by atoms with Gasteiger partial charge in [0.1, 0.15) is 5.78 Å². The highest BCUT2D eigenvalue weighted by Gasteiger charge is 2.62. The Morgan fingerprint density at radius 1 is 1.21 bits per heavy atom. The van der Waals surface area contributed by atoms with Gasteiger partial charge in [-0.3, -0.25) is 9.59 Å². The molecule has 34 heavy (non-hydrogen) atoms. The number of thioether (sulfide) groups is 1. The normalized spacial score (nSPS) is 39.3. The van der Waals surface area contributed by atoms with Crippen molar-refractivity contribution in [2.24, 2.45) is 34.5 Å². The minimum absolute atomic E-state index is 0.0210. The minimum Gasteiger partial charge on any atom is -0.393 e. The van der Waals surface area contributed by atoms with Crippen molar-refractivity contribution in [3.8, 4) is 0 Å². The van der Waals surface area contributed by atoms with Crippen LogP contribution in [0.2, 0.25) is 0 Å². The quantitative estimate of drug-likeness (QED) is 0.521. The van der Waals surface area contributed by atoms with E-state index in [0.717, 1.165) is 46.7 Å². The smallest absolute Gasteiger partial charge is 0.155 e. The molecule has 4 nitrogen and oxygen atoms in total. The number of aromatic nitrogens is 1. The van der Waals surface area contributed by atoms with Crippen molar-refractivity contribution in [3.05, 3.63) is 35.9 Å². The molecule has 1 N–H and O–H groups in total. The fourth-order valence-electron chi connectivity index (χ4n) is 8.36. The highest BCUT2D eigenvalue weighted by atomic mass is 32.2. The largest absolute Gasteiger partial charge is 0.393 e. The summed E-state index contributed by atoms with van der Waals surface area (Å²) in [5.41, 5.74) is 2.07. The van der Waals surface area contributed by atoms with E-state index in [-0.39, 0.29) is 28.4 Å². The first-order valence-corrected chi connectivity index (χ1v) is 14.5. The molecule has 0 bridgehead atoms. The van der Waals surface area contributed by atoms with Crippen molar-refractivity contribution in [3.63, 3.8) is 0 Å². The van der Waals surface area contributed by atoms with E-state index in [1.807, 2.05) is 24.3 Å². The molecule has 6 unspecified atom stereocenters. The number of Topliss-reactive ketones (excluding diaryl/α,β-unsaturated/α-hetero) is 1. The average molecular weight is 496 g/mol. The molecule has 1 heterocycles. The lowest BCUT2D eigenvalue weighted by molar-refractivity contribution is -0.143. The number of aliphatic hydroxyl groups excluding tert-OH is 1. The summed E-state index contributed by atoms with van der Waals surface area (Å²) in [4.78, 5) is 30.3. The third kappa shape index (κ3) is 3.47. The maximum Gasteiger partial charge on any atom is 0.155 e. The number of benzene rings is 1. The van der Waals surface area contributed by atoms with Crippen molar-refractivity contribution >= 4 is 44.9 Å². The van der Waals surface area contributed by atoms with Crippen molar-refractivity contribution in [1.82, 2.24) is 4.98 Å². The van der Waals surface area contributed by atoms with Gasteiger partial charge < -0.3 is 5.11 Å². The number of aliphatic hydroxyl groups is 1. The molecule has 6 rings (SSSR count). The molecule has 6 heteroatoms. The van der Waals surface area contributed by atoms with Crippen LogP contribution in [-0.2, 0) is 9.59 Å². The van der Waals surface area contributed by atoms with E-state index in [9.17, 15) is 14.7 Å². The van der Waals surface area contributed by atoms with Gasteiger partial charge in [0.05, 0.1) is 22.1 Å². The average Bonchev–Trinajstić information content (AvgIpc) is 3.37. The lowest BCUT2D eigenvalue weighted by Gasteiger charge is -2.59. The summed E-state index contributed by atoms with van der Waals surface area (Å²) < 4.78 is 2.12. The number of allylic oxidation sites excluding steroid dienone is 1. The molecule has 0 spiro atoms. The van der Waals surface area contributed by atoms with Crippen LogP contribution in [0.15, 0.2) is 40.3 Å². The van der Waals surface area contributed by atoms with Crippen LogP contribution in [0.1, 0.15) is 58.8 Å². The number of fused-ring (bicyclic) bond motifs is 6. The molecule has 0 amide bonds. The summed E-state index contributed by atoms with van der Waals surface area (Å²) in [6.07, 6.45) is 7.68. The molecule has 0 aliphatic heterocycles. The zero-order valence-electron chi connectivity index (χ0n) is 20.0. The number of carbonyl (C=O) groups is 2. The summed E-state index contributed by atoms with van der Waals surface area (Å²) in [7, 11) is 0. The van der Waals surface area contributed by atoms with Crippen LogP contribution < -0.4 is 0 Å². The fraction of sp³-hybridized carbons (Fsp3) is 0.607. The minimum atomic E-state index is -0.404. The lowest BCUT2D eigenvalue weighted by Crippen LogP contribution is -2.57. The van der Waals surface area contributed by atoms with Gasteiger partial charge in [-0.15, -0.1) is 11.3 Å². The van der Waals surface area contributed by atoms with Gasteiger partial charge in [0.15, 0.2) is 10.1 Å². The molecule has 180 valence electrons. The van der Waals surface area contributed by atoms with Crippen LogP contribution >= 0.6 is 23.1 Å². The molecule has 2 aromatic rings. The van der Waals surface area contributed by atoms with E-state index in [2.05, 4.69) is 24.9 Å². The van der Waals surface area contributed by atoms with E-state index in [0.29, 0.717) is 36.2 Å². The van der Waals surface area contributed by atoms with Crippen LogP contribution in [0.25, 0.3) is 10.2 Å². The summed E-state index contributed by atoms with van der Waals surface area (Å²) in [5, 5.41) is 11.5. The maximum absolute atomic E-state index is 13.5. The first-order valence-electron chi connectivity index (χ1n) is 12.7. The molecule has 4 aliphatic rings. The second kappa shape index (κ2) is 8.28. The van der Waals surface area contributed by atoms with Gasteiger partial charge in [0.25, 0.3) is 0 Å². The van der Waals surface area contributed by atoms with Gasteiger partial charge in [-0.2, -0.15) is 0 Å². The Morgan fingerprint density at radius 3 is 2.85 bits per heavy atom. The Balaban J connectivity index is 1.20. The van der Waals surface area contributed by atoms with Crippen LogP contribution in [0, 0.1) is 34.5 Å². The number of carbonyl (C=O) groups excluding carboxylic acids is 2. The number of para-hydroxylation sites is 1. The second-order valence-corrected chi connectivity index (χ2v) is 13.8. The van der Waals surface area contributed by atoms with Gasteiger partial charge in [-0.05, 0) is 85.3 Å². The van der Waals surface area contributed by atoms with Gasteiger partial charge >= 0.3 is 0 Å². The molecule has 7 atom stereocenters. The third-order valence-electron chi connectivity index (χ3n) is 9.89. The van der Waals surface area contributed by atoms with Gasteiger partial charge in [-0.25, -0.2) is 4.98 Å². The van der Waals surface area contributed by atoms with E-state index in [1.165, 1.54) is 5.57 Å². The van der Waals surface area contributed by atoms with Crippen LogP contribution in [0.3, 0.4) is 0 Å². The summed E-state index contributed by atoms with van der Waals surface area (Å²) in [5.74, 6) is 2.20. The molecule has 1 aromatic carbocycles. The first kappa shape index (κ1) is 22.9. The molecule has 3 fully saturated rings. The summed E-state index contributed by atoms with van der Waals surface area (Å²) in [6, 6.07) is 8.12. The number of rotatable bonds is 4. The van der Waals surface area contributed by atoms with E-state index in [4.69, 9.17) is 0 Å². The zero-order valence-corrected chi connectivity index (χ0v) is 21.6. The van der Waals surface area contributed by atoms with E-state index < -0.39 is 6.10 Å². The lowest BCUT2D eigenvalue weighted by atomic mass is 9.46. The van der Waals surface area contributed by atoms with Crippen molar-refractivity contribution in [2.45, 2.75) is 69.2 Å². The zero-order chi connectivity index (χ0) is 23.7. The number of thiazole rings is 1. The van der Waals surface area contributed by atoms with Gasteiger partial charge in [-0.1, -0.05) is 43.3 Å². The predicted octanol–water partition coefficient (Wildman–Crippen LogP) is 6.08. The Bertz CT molecular complexity index is 1150. The molecular formula is C28H33NO3S2. The van der Waals surface area contributed by atoms with Crippen LogP contribution in [-0.4, -0.2) is 33.5 Å². The fourth-order valence-corrected chi connectivity index (χ4v) is 10.4. The molecule has 4 aliphatic carbocycles. The molecule has 3 saturated carbocycles. The number of hydrogen-bond donors (Lipinski definition) is 1. The van der Waals surface area contributed by atoms with Gasteiger partial charge in [0, 0.05) is 12.3 Å². The molecule has 0 saturated heterocycles. The second-order valence-electron chi connectivity index (χ2n) is 11.5. The molecule has 0 radical (unpaired) electrons. The highest BCUT2D eigenvalue weighted by molar-refractivity contribution is 8.01. The van der Waals surface area contributed by atoms with E-state index >= 15 is 0 Å². The number of hydrogen-bond acceptors (Lipinski definition) is 6. The molecular weight excluding hydrogens is 462 g/mol. The predicted molar refractivity (Wildman–Crippen MR) is 137 cm³/mol. The first-order chi connectivity index (χ1) is 16.3. The Kier molecular flexibility index (Phi) is 5.58. The Morgan fingerprint density at radius 2 is 2.03 bits per heavy atom.